The molecule has 0 radical (unpaired) electrons. The summed E-state index contributed by atoms with van der Waals surface area (Å²) in [4.78, 5) is 20.8. The number of hydrogen-bond donors (Lipinski definition) is 0. The fraction of sp³-hybridized carbons (Fsp3) is 0.318. The number of fused-ring (bicyclic) bond motifs is 3. The quantitative estimate of drug-likeness (QED) is 0.541. The van der Waals surface area contributed by atoms with Crippen LogP contribution in [-0.4, -0.2) is 49.5 Å². The third kappa shape index (κ3) is 3.12. The number of nitrogens with zero attached hydrogens (tertiary/aromatic N) is 7. The van der Waals surface area contributed by atoms with Crippen LogP contribution in [0.25, 0.3) is 21.9 Å². The van der Waals surface area contributed by atoms with Crippen LogP contribution in [0.4, 0.5) is 0 Å². The summed E-state index contributed by atoms with van der Waals surface area (Å²) < 4.78 is 2.35. The molecule has 0 aliphatic carbocycles. The lowest BCUT2D eigenvalue weighted by Gasteiger charge is -2.18. The van der Waals surface area contributed by atoms with Gasteiger partial charge in [0.15, 0.2) is 0 Å². The third-order valence-electron chi connectivity index (χ3n) is 5.62. The predicted molar refractivity (Wildman–Crippen MR) is 110 cm³/mol. The minimum Gasteiger partial charge on any atom is -0.323 e. The van der Waals surface area contributed by atoms with Gasteiger partial charge < -0.3 is 9.47 Å². The molecule has 4 aromatic rings. The number of aryl methyl sites for hydroxylation is 1. The molecule has 0 bridgehead atoms. The fourth-order valence-electron chi connectivity index (χ4n) is 4.21. The van der Waals surface area contributed by atoms with Gasteiger partial charge in [0.25, 0.3) is 0 Å². The highest BCUT2D eigenvalue weighted by Crippen LogP contribution is 2.32. The maximum atomic E-state index is 9.39. The van der Waals surface area contributed by atoms with E-state index in [1.807, 2.05) is 37.5 Å². The summed E-state index contributed by atoms with van der Waals surface area (Å²) >= 11 is 0. The lowest BCUT2D eigenvalue weighted by molar-refractivity contribution is 0.392. The van der Waals surface area contributed by atoms with Gasteiger partial charge in [-0.25, -0.2) is 4.98 Å². The second-order valence-electron chi connectivity index (χ2n) is 7.76. The van der Waals surface area contributed by atoms with Crippen molar-refractivity contribution in [2.24, 2.45) is 0 Å². The zero-order chi connectivity index (χ0) is 20.0. The van der Waals surface area contributed by atoms with E-state index in [1.165, 1.54) is 0 Å². The first-order valence-corrected chi connectivity index (χ1v) is 9.78. The number of rotatable bonds is 3. The molecule has 5 rings (SSSR count). The van der Waals surface area contributed by atoms with Gasteiger partial charge in [-0.05, 0) is 45.1 Å². The Kier molecular flexibility index (Phi) is 4.22. The van der Waals surface area contributed by atoms with Gasteiger partial charge in [-0.15, -0.1) is 0 Å². The Morgan fingerprint density at radius 3 is 2.76 bits per heavy atom. The van der Waals surface area contributed by atoms with Gasteiger partial charge in [-0.3, -0.25) is 15.0 Å². The second kappa shape index (κ2) is 6.90. The number of likely N-dealkylation sites (N-methyl/N-ethyl adjacent to an activating group) is 1. The molecule has 1 aromatic carbocycles. The topological polar surface area (TPSA) is 83.5 Å². The lowest BCUT2D eigenvalue weighted by atomic mass is 10.1. The first-order valence-electron chi connectivity index (χ1n) is 9.78. The number of pyridine rings is 1. The molecule has 1 saturated heterocycles. The fourth-order valence-corrected chi connectivity index (χ4v) is 4.21. The van der Waals surface area contributed by atoms with E-state index in [2.05, 4.69) is 37.5 Å². The van der Waals surface area contributed by atoms with Gasteiger partial charge in [0.05, 0.1) is 40.3 Å². The Hall–Kier alpha value is -3.37. The molecule has 1 aliphatic rings. The Morgan fingerprint density at radius 1 is 1.14 bits per heavy atom. The van der Waals surface area contributed by atoms with Crippen LogP contribution < -0.4 is 0 Å². The summed E-state index contributed by atoms with van der Waals surface area (Å²) in [6.07, 6.45) is 7.13. The van der Waals surface area contributed by atoms with Crippen LogP contribution in [0, 0.1) is 18.3 Å². The molecule has 3 aromatic heterocycles. The van der Waals surface area contributed by atoms with Crippen molar-refractivity contribution in [3.63, 3.8) is 0 Å². The summed E-state index contributed by atoms with van der Waals surface area (Å²) in [5, 5.41) is 10.4. The predicted octanol–water partition coefficient (Wildman–Crippen LogP) is 3.02. The van der Waals surface area contributed by atoms with Crippen molar-refractivity contribution in [1.29, 1.82) is 5.26 Å². The van der Waals surface area contributed by atoms with Crippen LogP contribution in [0.15, 0.2) is 36.8 Å². The summed E-state index contributed by atoms with van der Waals surface area (Å²) in [6, 6.07) is 8.23. The minimum atomic E-state index is 0.328. The van der Waals surface area contributed by atoms with Crippen LogP contribution in [-0.2, 0) is 6.42 Å². The number of benzene rings is 1. The van der Waals surface area contributed by atoms with E-state index in [4.69, 9.17) is 4.98 Å². The molecule has 7 nitrogen and oxygen atoms in total. The van der Waals surface area contributed by atoms with Crippen molar-refractivity contribution in [3.05, 3.63) is 59.6 Å². The Morgan fingerprint density at radius 2 is 2.03 bits per heavy atom. The van der Waals surface area contributed by atoms with Crippen molar-refractivity contribution in [2.45, 2.75) is 25.8 Å². The van der Waals surface area contributed by atoms with Gasteiger partial charge in [0, 0.05) is 36.8 Å². The molecule has 1 unspecified atom stereocenters. The molecule has 0 saturated carbocycles. The van der Waals surface area contributed by atoms with Crippen molar-refractivity contribution >= 4 is 21.9 Å². The van der Waals surface area contributed by atoms with E-state index in [0.717, 1.165) is 58.7 Å². The van der Waals surface area contributed by atoms with Crippen molar-refractivity contribution in [3.8, 4) is 6.07 Å². The first kappa shape index (κ1) is 17.7. The Balaban J connectivity index is 1.74. The Bertz CT molecular complexity index is 1250. The van der Waals surface area contributed by atoms with E-state index in [-0.39, 0.29) is 0 Å². The summed E-state index contributed by atoms with van der Waals surface area (Å²) in [5.41, 5.74) is 5.23. The smallest absolute Gasteiger partial charge is 0.116 e. The number of likely N-dealkylation sites (tertiary alicyclic amines) is 1. The van der Waals surface area contributed by atoms with E-state index in [0.29, 0.717) is 18.0 Å². The highest BCUT2D eigenvalue weighted by atomic mass is 15.2. The highest BCUT2D eigenvalue weighted by Gasteiger charge is 2.27. The van der Waals surface area contributed by atoms with Crippen molar-refractivity contribution in [2.75, 3.05) is 20.1 Å². The first-order chi connectivity index (χ1) is 14.1. The third-order valence-corrected chi connectivity index (χ3v) is 5.62. The standard InChI is InChI=1S/C22H21N7/c1-14-10-25-16(11-24-14)8-21-27-20-12-26-19-4-3-15(9-23)7-18(19)22(20)29(21)17-5-6-28(2)13-17/h3-4,7,10-12,17H,5-6,8,13H2,1-2H3. The second-order valence-corrected chi connectivity index (χ2v) is 7.76. The maximum Gasteiger partial charge on any atom is 0.116 e. The number of nitriles is 1. The molecule has 0 amide bonds. The molecule has 1 atom stereocenters. The van der Waals surface area contributed by atoms with E-state index in [9.17, 15) is 5.26 Å². The van der Waals surface area contributed by atoms with Crippen LogP contribution >= 0.6 is 0 Å². The van der Waals surface area contributed by atoms with Gasteiger partial charge >= 0.3 is 0 Å². The van der Waals surface area contributed by atoms with Gasteiger partial charge in [0.1, 0.15) is 11.3 Å². The zero-order valence-electron chi connectivity index (χ0n) is 16.5. The number of aromatic nitrogens is 5. The van der Waals surface area contributed by atoms with Crippen molar-refractivity contribution in [1.82, 2.24) is 29.4 Å². The molecular weight excluding hydrogens is 362 g/mol. The molecule has 29 heavy (non-hydrogen) atoms. The SMILES string of the molecule is Cc1cnc(Cc2nc3cnc4ccc(C#N)cc4c3n2C2CCN(C)C2)cn1. The molecule has 0 N–H and O–H groups in total. The van der Waals surface area contributed by atoms with Crippen LogP contribution in [0.5, 0.6) is 0 Å². The number of hydrogen-bond acceptors (Lipinski definition) is 6. The average Bonchev–Trinajstić information content (AvgIpc) is 3.32. The van der Waals surface area contributed by atoms with Crippen molar-refractivity contribution < 1.29 is 0 Å². The van der Waals surface area contributed by atoms with Gasteiger partial charge in [0.2, 0.25) is 0 Å². The van der Waals surface area contributed by atoms with Gasteiger partial charge in [-0.2, -0.15) is 5.26 Å². The average molecular weight is 383 g/mol. The van der Waals surface area contributed by atoms with E-state index < -0.39 is 0 Å². The molecule has 144 valence electrons. The largest absolute Gasteiger partial charge is 0.323 e. The maximum absolute atomic E-state index is 9.39. The molecule has 0 spiro atoms. The number of imidazole rings is 1. The summed E-state index contributed by atoms with van der Waals surface area (Å²) in [6.45, 7) is 3.96. The molecule has 4 heterocycles. The Labute approximate surface area is 168 Å². The normalized spacial score (nSPS) is 17.2. The van der Waals surface area contributed by atoms with Crippen LogP contribution in [0.1, 0.15) is 35.2 Å². The highest BCUT2D eigenvalue weighted by molar-refractivity contribution is 6.02. The molecule has 7 heteroatoms. The van der Waals surface area contributed by atoms with E-state index in [1.54, 1.807) is 6.20 Å². The van der Waals surface area contributed by atoms with Gasteiger partial charge in [-0.1, -0.05) is 0 Å². The monoisotopic (exact) mass is 383 g/mol. The molecule has 1 aliphatic heterocycles. The molecule has 1 fully saturated rings. The summed E-state index contributed by atoms with van der Waals surface area (Å²) in [5.74, 6) is 0.968. The van der Waals surface area contributed by atoms with Crippen LogP contribution in [0.2, 0.25) is 0 Å². The zero-order valence-corrected chi connectivity index (χ0v) is 16.5. The summed E-state index contributed by atoms with van der Waals surface area (Å²) in [7, 11) is 2.15. The molecular formula is C22H21N7. The lowest BCUT2D eigenvalue weighted by Crippen LogP contribution is -2.18. The van der Waals surface area contributed by atoms with Crippen LogP contribution in [0.3, 0.4) is 0 Å². The van der Waals surface area contributed by atoms with E-state index >= 15 is 0 Å². The minimum absolute atomic E-state index is 0.328.